The molecule has 14 heavy (non-hydrogen) atoms. The van der Waals surface area contributed by atoms with Crippen LogP contribution in [-0.4, -0.2) is 45.5 Å². The zero-order valence-corrected chi connectivity index (χ0v) is 8.71. The third-order valence-corrected chi connectivity index (χ3v) is 2.31. The Kier molecular flexibility index (Phi) is 4.86. The number of amides is 1. The molecular weight excluding hydrogens is 184 g/mol. The van der Waals surface area contributed by atoms with Crippen LogP contribution in [0.15, 0.2) is 0 Å². The van der Waals surface area contributed by atoms with E-state index >= 15 is 0 Å². The topological polar surface area (TPSA) is 59.6 Å². The van der Waals surface area contributed by atoms with Crippen LogP contribution in [0.1, 0.15) is 12.8 Å². The molecular formula is C9H18N2O3. The highest BCUT2D eigenvalue weighted by atomic mass is 16.7. The number of hydrogen-bond acceptors (Lipinski definition) is 4. The van der Waals surface area contributed by atoms with Gasteiger partial charge < -0.3 is 20.1 Å². The maximum atomic E-state index is 10.9. The molecule has 0 aromatic heterocycles. The summed E-state index contributed by atoms with van der Waals surface area (Å²) in [6, 6.07) is 0.261. The minimum absolute atomic E-state index is 0.145. The predicted octanol–water partition coefficient (Wildman–Crippen LogP) is -0.526. The van der Waals surface area contributed by atoms with Crippen molar-refractivity contribution in [2.75, 3.05) is 27.3 Å². The van der Waals surface area contributed by atoms with Gasteiger partial charge in [-0.2, -0.15) is 0 Å². The van der Waals surface area contributed by atoms with E-state index in [-0.39, 0.29) is 18.2 Å². The average molecular weight is 202 g/mol. The van der Waals surface area contributed by atoms with Crippen molar-refractivity contribution in [3.63, 3.8) is 0 Å². The van der Waals surface area contributed by atoms with Gasteiger partial charge in [0.15, 0.2) is 6.29 Å². The van der Waals surface area contributed by atoms with E-state index in [2.05, 4.69) is 10.6 Å². The predicted molar refractivity (Wildman–Crippen MR) is 51.8 cm³/mol. The maximum absolute atomic E-state index is 10.9. The summed E-state index contributed by atoms with van der Waals surface area (Å²) in [4.78, 5) is 10.9. The molecule has 0 aromatic rings. The maximum Gasteiger partial charge on any atom is 0.220 e. The first-order valence-electron chi connectivity index (χ1n) is 4.82. The van der Waals surface area contributed by atoms with E-state index in [4.69, 9.17) is 9.47 Å². The first-order chi connectivity index (χ1) is 6.76. The third-order valence-electron chi connectivity index (χ3n) is 2.31. The Morgan fingerprint density at radius 3 is 2.79 bits per heavy atom. The molecule has 0 aliphatic carbocycles. The van der Waals surface area contributed by atoms with Crippen LogP contribution in [0.3, 0.4) is 0 Å². The van der Waals surface area contributed by atoms with E-state index in [1.165, 1.54) is 0 Å². The molecule has 0 radical (unpaired) electrons. The normalized spacial score (nSPS) is 21.6. The second-order valence-corrected chi connectivity index (χ2v) is 3.36. The fraction of sp³-hybridized carbons (Fsp3) is 0.889. The molecule has 1 fully saturated rings. The number of carbonyl (C=O) groups excluding carboxylic acids is 1. The Morgan fingerprint density at radius 2 is 2.29 bits per heavy atom. The molecule has 0 spiro atoms. The van der Waals surface area contributed by atoms with Crippen molar-refractivity contribution < 1.29 is 14.3 Å². The van der Waals surface area contributed by atoms with Gasteiger partial charge in [-0.25, -0.2) is 0 Å². The van der Waals surface area contributed by atoms with E-state index in [9.17, 15) is 4.79 Å². The molecule has 5 nitrogen and oxygen atoms in total. The number of methoxy groups -OCH3 is 2. The van der Waals surface area contributed by atoms with Gasteiger partial charge in [0.05, 0.1) is 0 Å². The van der Waals surface area contributed by atoms with Crippen LogP contribution in [0.5, 0.6) is 0 Å². The van der Waals surface area contributed by atoms with Gasteiger partial charge in [-0.1, -0.05) is 0 Å². The fourth-order valence-electron chi connectivity index (χ4n) is 1.47. The summed E-state index contributed by atoms with van der Waals surface area (Å²) in [6.45, 7) is 1.41. The van der Waals surface area contributed by atoms with Gasteiger partial charge in [-0.3, -0.25) is 4.79 Å². The third kappa shape index (κ3) is 3.61. The average Bonchev–Trinajstić information content (AvgIpc) is 2.59. The van der Waals surface area contributed by atoms with Gasteiger partial charge in [0.25, 0.3) is 0 Å². The van der Waals surface area contributed by atoms with E-state index in [0.717, 1.165) is 13.0 Å². The second kappa shape index (κ2) is 5.95. The van der Waals surface area contributed by atoms with Gasteiger partial charge in [0.2, 0.25) is 5.91 Å². The lowest BCUT2D eigenvalue weighted by Crippen LogP contribution is -2.39. The van der Waals surface area contributed by atoms with Crippen molar-refractivity contribution in [2.24, 2.45) is 0 Å². The molecule has 1 amide bonds. The van der Waals surface area contributed by atoms with Crippen molar-refractivity contribution in [1.29, 1.82) is 0 Å². The van der Waals surface area contributed by atoms with Crippen LogP contribution in [0.25, 0.3) is 0 Å². The first-order valence-corrected chi connectivity index (χ1v) is 4.82. The first kappa shape index (κ1) is 11.4. The van der Waals surface area contributed by atoms with Crippen LogP contribution in [0, 0.1) is 0 Å². The second-order valence-electron chi connectivity index (χ2n) is 3.36. The Bertz CT molecular complexity index is 183. The van der Waals surface area contributed by atoms with Crippen molar-refractivity contribution >= 4 is 5.91 Å². The minimum atomic E-state index is -0.216. The van der Waals surface area contributed by atoms with Gasteiger partial charge in [0.1, 0.15) is 0 Å². The summed E-state index contributed by atoms with van der Waals surface area (Å²) < 4.78 is 10.0. The van der Waals surface area contributed by atoms with Gasteiger partial charge >= 0.3 is 0 Å². The van der Waals surface area contributed by atoms with E-state index in [0.29, 0.717) is 13.0 Å². The Labute approximate surface area is 84.1 Å². The fourth-order valence-corrected chi connectivity index (χ4v) is 1.47. The molecule has 1 rings (SSSR count). The summed E-state index contributed by atoms with van der Waals surface area (Å²) in [5.41, 5.74) is 0. The summed E-state index contributed by atoms with van der Waals surface area (Å²) in [5, 5.41) is 6.07. The lowest BCUT2D eigenvalue weighted by atomic mass is 10.2. The lowest BCUT2D eigenvalue weighted by molar-refractivity contribution is -0.119. The molecule has 1 saturated heterocycles. The van der Waals surface area contributed by atoms with Gasteiger partial charge in [-0.15, -0.1) is 0 Å². The number of nitrogens with one attached hydrogen (secondary N) is 2. The van der Waals surface area contributed by atoms with Crippen LogP contribution in [0.2, 0.25) is 0 Å². The van der Waals surface area contributed by atoms with Crippen molar-refractivity contribution in [3.8, 4) is 0 Å². The van der Waals surface area contributed by atoms with Crippen LogP contribution < -0.4 is 10.6 Å². The van der Waals surface area contributed by atoms with Crippen LogP contribution >= 0.6 is 0 Å². The van der Waals surface area contributed by atoms with Crippen LogP contribution in [0.4, 0.5) is 0 Å². The monoisotopic (exact) mass is 202 g/mol. The molecule has 1 aliphatic heterocycles. The molecule has 2 N–H and O–H groups in total. The van der Waals surface area contributed by atoms with E-state index in [1.54, 1.807) is 14.2 Å². The summed E-state index contributed by atoms with van der Waals surface area (Å²) in [5.74, 6) is 0.145. The van der Waals surface area contributed by atoms with Gasteiger partial charge in [0, 0.05) is 39.8 Å². The highest BCUT2D eigenvalue weighted by Gasteiger charge is 2.20. The highest BCUT2D eigenvalue weighted by molar-refractivity contribution is 5.78. The van der Waals surface area contributed by atoms with Crippen molar-refractivity contribution in [3.05, 3.63) is 0 Å². The molecule has 1 unspecified atom stereocenters. The molecule has 1 heterocycles. The highest BCUT2D eigenvalue weighted by Crippen LogP contribution is 2.04. The Hall–Kier alpha value is -0.650. The molecule has 0 aromatic carbocycles. The van der Waals surface area contributed by atoms with Crippen molar-refractivity contribution in [2.45, 2.75) is 25.2 Å². The van der Waals surface area contributed by atoms with Gasteiger partial charge in [-0.05, 0) is 6.42 Å². The molecule has 1 aliphatic rings. The molecule has 0 bridgehead atoms. The van der Waals surface area contributed by atoms with Crippen molar-refractivity contribution in [1.82, 2.24) is 10.6 Å². The number of rotatable bonds is 6. The van der Waals surface area contributed by atoms with E-state index < -0.39 is 0 Å². The number of ether oxygens (including phenoxy) is 2. The Balaban J connectivity index is 2.06. The lowest BCUT2D eigenvalue weighted by Gasteiger charge is -2.16. The molecule has 1 atom stereocenters. The standard InChI is InChI=1S/C9H18N2O3/c1-13-9(14-2)6-10-5-7-3-4-8(12)11-7/h7,9-10H,3-6H2,1-2H3,(H,11,12). The zero-order valence-electron chi connectivity index (χ0n) is 8.71. The quantitative estimate of drug-likeness (QED) is 0.569. The minimum Gasteiger partial charge on any atom is -0.355 e. The zero-order chi connectivity index (χ0) is 10.4. The van der Waals surface area contributed by atoms with Crippen LogP contribution in [-0.2, 0) is 14.3 Å². The Morgan fingerprint density at radius 1 is 1.57 bits per heavy atom. The summed E-state index contributed by atoms with van der Waals surface area (Å²) >= 11 is 0. The molecule has 5 heteroatoms. The van der Waals surface area contributed by atoms with E-state index in [1.807, 2.05) is 0 Å². The summed E-state index contributed by atoms with van der Waals surface area (Å²) in [7, 11) is 3.21. The summed E-state index contributed by atoms with van der Waals surface area (Å²) in [6.07, 6.45) is 1.34. The number of hydrogen-bond donors (Lipinski definition) is 2. The SMILES string of the molecule is COC(CNCC1CCC(=O)N1)OC. The molecule has 82 valence electrons. The molecule has 0 saturated carbocycles. The number of carbonyl (C=O) groups is 1. The smallest absolute Gasteiger partial charge is 0.220 e. The largest absolute Gasteiger partial charge is 0.355 e.